The number of hydrogen-bond donors (Lipinski definition) is 1. The van der Waals surface area contributed by atoms with Gasteiger partial charge in [0.2, 0.25) is 5.78 Å². The largest absolute Gasteiger partial charge is 0.411 e. The number of aromatic nitrogens is 3. The molecule has 0 aliphatic heterocycles. The third-order valence-corrected chi connectivity index (χ3v) is 1.98. The van der Waals surface area contributed by atoms with Gasteiger partial charge in [-0.2, -0.15) is 0 Å². The van der Waals surface area contributed by atoms with E-state index in [4.69, 9.17) is 5.21 Å². The highest BCUT2D eigenvalue weighted by Gasteiger charge is 2.08. The van der Waals surface area contributed by atoms with Gasteiger partial charge in [0.25, 0.3) is 0 Å². The Balaban J connectivity index is 2.39. The fraction of sp³-hybridized carbons (Fsp3) is 0. The normalized spacial score (nSPS) is 10.6. The number of ketones is 1. The molecule has 0 atom stereocenters. The summed E-state index contributed by atoms with van der Waals surface area (Å²) in [5, 5.41) is 10.9. The van der Waals surface area contributed by atoms with Crippen LogP contribution in [0.1, 0.15) is 10.5 Å². The Hall–Kier alpha value is -2.63. The summed E-state index contributed by atoms with van der Waals surface area (Å²) in [7, 11) is 0. The maximum Gasteiger partial charge on any atom is 0.225 e. The van der Waals surface area contributed by atoms with E-state index in [-0.39, 0.29) is 5.69 Å². The second-order valence-electron chi connectivity index (χ2n) is 3.09. The Kier molecular flexibility index (Phi) is 3.15. The monoisotopic (exact) mass is 228 g/mol. The van der Waals surface area contributed by atoms with Gasteiger partial charge in [0.05, 0.1) is 0 Å². The van der Waals surface area contributed by atoms with E-state index in [1.54, 1.807) is 24.4 Å². The highest BCUT2D eigenvalue weighted by Crippen LogP contribution is 2.10. The predicted molar refractivity (Wildman–Crippen MR) is 59.9 cm³/mol. The molecule has 0 saturated carbocycles. The number of rotatable bonds is 3. The zero-order chi connectivity index (χ0) is 12.1. The molecule has 0 fully saturated rings. The SMILES string of the molecule is O=C(C=NO)c1ccnc(-c2ccccn2)n1. The van der Waals surface area contributed by atoms with E-state index in [1.165, 1.54) is 12.3 Å². The Morgan fingerprint density at radius 3 is 2.82 bits per heavy atom. The molecule has 0 spiro atoms. The van der Waals surface area contributed by atoms with Crippen molar-refractivity contribution in [2.24, 2.45) is 5.16 Å². The van der Waals surface area contributed by atoms with Gasteiger partial charge in [-0.05, 0) is 18.2 Å². The standard InChI is InChI=1S/C11H8N4O2/c16-10(7-14-17)8-4-6-13-11(15-8)9-3-1-2-5-12-9/h1-7,17H. The van der Waals surface area contributed by atoms with Gasteiger partial charge in [-0.25, -0.2) is 9.97 Å². The minimum Gasteiger partial charge on any atom is -0.411 e. The van der Waals surface area contributed by atoms with Gasteiger partial charge in [0.1, 0.15) is 17.6 Å². The molecule has 0 aromatic carbocycles. The molecule has 2 rings (SSSR count). The van der Waals surface area contributed by atoms with E-state index in [9.17, 15) is 4.79 Å². The van der Waals surface area contributed by atoms with E-state index in [1.807, 2.05) is 0 Å². The summed E-state index contributed by atoms with van der Waals surface area (Å²) in [6, 6.07) is 6.76. The van der Waals surface area contributed by atoms with Crippen molar-refractivity contribution in [1.82, 2.24) is 15.0 Å². The first kappa shape index (κ1) is 10.9. The van der Waals surface area contributed by atoms with Crippen LogP contribution in [0.3, 0.4) is 0 Å². The third kappa shape index (κ3) is 2.49. The van der Waals surface area contributed by atoms with Crippen LogP contribution in [0.2, 0.25) is 0 Å². The number of carbonyl (C=O) groups is 1. The molecule has 0 unspecified atom stereocenters. The molecule has 84 valence electrons. The predicted octanol–water partition coefficient (Wildman–Crippen LogP) is 1.18. The quantitative estimate of drug-likeness (QED) is 0.369. The molecule has 6 nitrogen and oxygen atoms in total. The number of nitrogens with zero attached hydrogens (tertiary/aromatic N) is 4. The molecule has 0 saturated heterocycles. The second-order valence-corrected chi connectivity index (χ2v) is 3.09. The first-order valence-corrected chi connectivity index (χ1v) is 4.77. The molecule has 0 radical (unpaired) electrons. The summed E-state index contributed by atoms with van der Waals surface area (Å²) < 4.78 is 0. The number of hydrogen-bond acceptors (Lipinski definition) is 6. The molecule has 17 heavy (non-hydrogen) atoms. The minimum atomic E-state index is -0.493. The van der Waals surface area contributed by atoms with Crippen molar-refractivity contribution in [2.45, 2.75) is 0 Å². The lowest BCUT2D eigenvalue weighted by molar-refractivity contribution is 0.106. The molecule has 2 aromatic rings. The minimum absolute atomic E-state index is 0.151. The van der Waals surface area contributed by atoms with Crippen LogP contribution < -0.4 is 0 Å². The van der Waals surface area contributed by atoms with Crippen molar-refractivity contribution in [3.05, 3.63) is 42.4 Å². The van der Waals surface area contributed by atoms with E-state index >= 15 is 0 Å². The number of carbonyl (C=O) groups excluding carboxylic acids is 1. The van der Waals surface area contributed by atoms with Crippen LogP contribution in [0, 0.1) is 0 Å². The number of Topliss-reactive ketones (excluding diaryl/α,β-unsaturated/α-hetero) is 1. The van der Waals surface area contributed by atoms with Gasteiger partial charge in [0.15, 0.2) is 5.82 Å². The second kappa shape index (κ2) is 4.93. The van der Waals surface area contributed by atoms with E-state index in [0.29, 0.717) is 11.5 Å². The summed E-state index contributed by atoms with van der Waals surface area (Å²) in [6.07, 6.45) is 3.85. The molecule has 0 aliphatic rings. The molecule has 2 heterocycles. The van der Waals surface area contributed by atoms with Crippen LogP contribution in [-0.4, -0.2) is 32.2 Å². The summed E-state index contributed by atoms with van der Waals surface area (Å²) >= 11 is 0. The average molecular weight is 228 g/mol. The van der Waals surface area contributed by atoms with Crippen LogP contribution in [0.4, 0.5) is 0 Å². The van der Waals surface area contributed by atoms with Crippen LogP contribution in [0.15, 0.2) is 41.8 Å². The summed E-state index contributed by atoms with van der Waals surface area (Å²) in [6.45, 7) is 0. The van der Waals surface area contributed by atoms with Gasteiger partial charge in [-0.3, -0.25) is 9.78 Å². The zero-order valence-electron chi connectivity index (χ0n) is 8.69. The van der Waals surface area contributed by atoms with Crippen molar-refractivity contribution >= 4 is 12.0 Å². The summed E-state index contributed by atoms with van der Waals surface area (Å²) in [4.78, 5) is 23.5. The highest BCUT2D eigenvalue weighted by molar-refractivity contribution is 6.34. The Morgan fingerprint density at radius 2 is 2.12 bits per heavy atom. The molecular formula is C11H8N4O2. The van der Waals surface area contributed by atoms with E-state index in [0.717, 1.165) is 6.21 Å². The fourth-order valence-electron chi connectivity index (χ4n) is 1.23. The average Bonchev–Trinajstić information content (AvgIpc) is 2.40. The Bertz CT molecular complexity index is 554. The molecule has 6 heteroatoms. The molecule has 0 aliphatic carbocycles. The van der Waals surface area contributed by atoms with Crippen LogP contribution in [0.5, 0.6) is 0 Å². The first-order chi connectivity index (χ1) is 8.31. The molecule has 0 bridgehead atoms. The molecule has 1 N–H and O–H groups in total. The van der Waals surface area contributed by atoms with Gasteiger partial charge in [-0.1, -0.05) is 11.2 Å². The van der Waals surface area contributed by atoms with E-state index in [2.05, 4.69) is 20.1 Å². The third-order valence-electron chi connectivity index (χ3n) is 1.98. The molecule has 2 aromatic heterocycles. The van der Waals surface area contributed by atoms with Crippen LogP contribution >= 0.6 is 0 Å². The van der Waals surface area contributed by atoms with Crippen molar-refractivity contribution < 1.29 is 10.0 Å². The van der Waals surface area contributed by atoms with Crippen molar-refractivity contribution in [3.8, 4) is 11.5 Å². The van der Waals surface area contributed by atoms with Gasteiger partial charge in [-0.15, -0.1) is 0 Å². The first-order valence-electron chi connectivity index (χ1n) is 4.77. The lowest BCUT2D eigenvalue weighted by atomic mass is 10.2. The lowest BCUT2D eigenvalue weighted by Crippen LogP contribution is -2.05. The molecule has 0 amide bonds. The maximum atomic E-state index is 11.4. The number of oxime groups is 1. The topological polar surface area (TPSA) is 88.3 Å². The lowest BCUT2D eigenvalue weighted by Gasteiger charge is -1.99. The Morgan fingerprint density at radius 1 is 1.24 bits per heavy atom. The van der Waals surface area contributed by atoms with Gasteiger partial charge < -0.3 is 5.21 Å². The Labute approximate surface area is 96.7 Å². The van der Waals surface area contributed by atoms with Crippen LogP contribution in [-0.2, 0) is 0 Å². The fourth-order valence-corrected chi connectivity index (χ4v) is 1.23. The van der Waals surface area contributed by atoms with Gasteiger partial charge >= 0.3 is 0 Å². The highest BCUT2D eigenvalue weighted by atomic mass is 16.4. The summed E-state index contributed by atoms with van der Waals surface area (Å²) in [5.74, 6) is -0.144. The molecular weight excluding hydrogens is 220 g/mol. The number of pyridine rings is 1. The summed E-state index contributed by atoms with van der Waals surface area (Å²) in [5.41, 5.74) is 0.724. The zero-order valence-corrected chi connectivity index (χ0v) is 8.69. The smallest absolute Gasteiger partial charge is 0.225 e. The van der Waals surface area contributed by atoms with Crippen molar-refractivity contribution in [3.63, 3.8) is 0 Å². The van der Waals surface area contributed by atoms with Crippen LogP contribution in [0.25, 0.3) is 11.5 Å². The van der Waals surface area contributed by atoms with Crippen molar-refractivity contribution in [1.29, 1.82) is 0 Å². The van der Waals surface area contributed by atoms with Gasteiger partial charge in [0, 0.05) is 12.4 Å². The van der Waals surface area contributed by atoms with E-state index < -0.39 is 5.78 Å². The maximum absolute atomic E-state index is 11.4. The van der Waals surface area contributed by atoms with Crippen molar-refractivity contribution in [2.75, 3.05) is 0 Å².